The highest BCUT2D eigenvalue weighted by atomic mass is 16.5. The second-order valence-corrected chi connectivity index (χ2v) is 6.66. The first-order valence-corrected chi connectivity index (χ1v) is 9.97. The molecule has 0 unspecified atom stereocenters. The summed E-state index contributed by atoms with van der Waals surface area (Å²) in [5.41, 5.74) is 6.36. The highest BCUT2D eigenvalue weighted by Crippen LogP contribution is 2.30. The normalized spacial score (nSPS) is 11.4. The Morgan fingerprint density at radius 2 is 1.97 bits per heavy atom. The van der Waals surface area contributed by atoms with Gasteiger partial charge < -0.3 is 14.0 Å². The minimum Gasteiger partial charge on any atom is -0.493 e. The van der Waals surface area contributed by atoms with Crippen molar-refractivity contribution in [3.63, 3.8) is 0 Å². The predicted octanol–water partition coefficient (Wildman–Crippen LogP) is 4.24. The van der Waals surface area contributed by atoms with E-state index in [4.69, 9.17) is 9.47 Å². The quantitative estimate of drug-likeness (QED) is 0.349. The number of hydrazone groups is 1. The molecule has 1 N–H and O–H groups in total. The Bertz CT molecular complexity index is 1200. The summed E-state index contributed by atoms with van der Waals surface area (Å²) in [4.78, 5) is 4.66. The number of benzene rings is 2. The molecule has 8 heteroatoms. The van der Waals surface area contributed by atoms with E-state index in [1.165, 1.54) is 0 Å². The van der Waals surface area contributed by atoms with E-state index in [2.05, 4.69) is 43.3 Å². The molecular weight excluding hydrogens is 380 g/mol. The lowest BCUT2D eigenvalue weighted by Gasteiger charge is -2.11. The Kier molecular flexibility index (Phi) is 5.74. The van der Waals surface area contributed by atoms with Crippen LogP contribution in [0.15, 0.2) is 47.6 Å². The zero-order valence-electron chi connectivity index (χ0n) is 17.3. The zero-order valence-corrected chi connectivity index (χ0v) is 17.3. The van der Waals surface area contributed by atoms with E-state index in [1.807, 2.05) is 43.3 Å². The summed E-state index contributed by atoms with van der Waals surface area (Å²) < 4.78 is 13.2. The number of hydrogen-bond donors (Lipinski definition) is 1. The van der Waals surface area contributed by atoms with Crippen molar-refractivity contribution in [2.24, 2.45) is 5.10 Å². The third-order valence-electron chi connectivity index (χ3n) is 4.71. The number of hydrogen-bond acceptors (Lipinski definition) is 7. The summed E-state index contributed by atoms with van der Waals surface area (Å²) >= 11 is 0. The van der Waals surface area contributed by atoms with Crippen molar-refractivity contribution in [3.05, 3.63) is 48.0 Å². The molecule has 0 radical (unpaired) electrons. The van der Waals surface area contributed by atoms with Gasteiger partial charge in [-0.15, -0.1) is 10.2 Å². The first kappa shape index (κ1) is 19.6. The van der Waals surface area contributed by atoms with Crippen molar-refractivity contribution in [1.29, 1.82) is 0 Å². The molecule has 4 rings (SSSR count). The maximum absolute atomic E-state index is 5.70. The minimum absolute atomic E-state index is 0.333. The van der Waals surface area contributed by atoms with E-state index in [0.29, 0.717) is 24.1 Å². The van der Waals surface area contributed by atoms with Crippen molar-refractivity contribution < 1.29 is 9.47 Å². The molecule has 0 aliphatic carbocycles. The SMILES string of the molecule is CCCn1c2ccccc2c2nnc(N/N=C/c3cccc(OC)c3OCC)nc21. The van der Waals surface area contributed by atoms with Crippen LogP contribution < -0.4 is 14.9 Å². The monoisotopic (exact) mass is 404 g/mol. The molecule has 4 aromatic rings. The van der Waals surface area contributed by atoms with Crippen molar-refractivity contribution in [3.8, 4) is 11.5 Å². The predicted molar refractivity (Wildman–Crippen MR) is 118 cm³/mol. The summed E-state index contributed by atoms with van der Waals surface area (Å²) in [6.45, 7) is 5.45. The molecule has 0 aliphatic rings. The fraction of sp³-hybridized carbons (Fsp3) is 0.273. The number of ether oxygens (including phenoxy) is 2. The van der Waals surface area contributed by atoms with E-state index >= 15 is 0 Å². The standard InChI is InChI=1S/C22H24N6O2/c1-4-13-28-17-11-7-6-10-16(17)19-21(28)24-22(27-25-19)26-23-14-15-9-8-12-18(29-3)20(15)30-5-2/h6-12,14H,4-5,13H2,1-3H3,(H,24,26,27)/b23-14+. The first-order chi connectivity index (χ1) is 14.8. The highest BCUT2D eigenvalue weighted by Gasteiger charge is 2.14. The van der Waals surface area contributed by atoms with Gasteiger partial charge in [0.25, 0.3) is 5.95 Å². The van der Waals surface area contributed by atoms with Crippen LogP contribution in [0.3, 0.4) is 0 Å². The van der Waals surface area contributed by atoms with Gasteiger partial charge in [-0.25, -0.2) is 5.43 Å². The molecule has 0 saturated carbocycles. The molecule has 30 heavy (non-hydrogen) atoms. The zero-order chi connectivity index (χ0) is 20.9. The number of methoxy groups -OCH3 is 1. The molecule has 2 heterocycles. The van der Waals surface area contributed by atoms with Crippen LogP contribution in [-0.2, 0) is 6.54 Å². The maximum atomic E-state index is 5.70. The topological polar surface area (TPSA) is 86.5 Å². The first-order valence-electron chi connectivity index (χ1n) is 9.97. The number of aromatic nitrogens is 4. The number of aryl methyl sites for hydroxylation is 1. The second kappa shape index (κ2) is 8.77. The lowest BCUT2D eigenvalue weighted by atomic mass is 10.2. The van der Waals surface area contributed by atoms with Gasteiger partial charge in [-0.3, -0.25) is 0 Å². The number of nitrogens with one attached hydrogen (secondary N) is 1. The number of rotatable bonds is 8. The summed E-state index contributed by atoms with van der Waals surface area (Å²) in [5.74, 6) is 1.63. The van der Waals surface area contributed by atoms with E-state index in [0.717, 1.165) is 40.6 Å². The molecule has 0 aliphatic heterocycles. The highest BCUT2D eigenvalue weighted by molar-refractivity contribution is 6.04. The van der Waals surface area contributed by atoms with E-state index in [1.54, 1.807) is 13.3 Å². The minimum atomic E-state index is 0.333. The van der Waals surface area contributed by atoms with Crippen LogP contribution in [-0.4, -0.2) is 39.7 Å². The van der Waals surface area contributed by atoms with Crippen molar-refractivity contribution in [1.82, 2.24) is 19.7 Å². The Morgan fingerprint density at radius 1 is 1.10 bits per heavy atom. The van der Waals surface area contributed by atoms with Crippen LogP contribution in [0.5, 0.6) is 11.5 Å². The number of para-hydroxylation sites is 2. The van der Waals surface area contributed by atoms with Gasteiger partial charge in [0.15, 0.2) is 17.1 Å². The van der Waals surface area contributed by atoms with Gasteiger partial charge >= 0.3 is 0 Å². The van der Waals surface area contributed by atoms with Crippen LogP contribution in [0.1, 0.15) is 25.8 Å². The molecule has 0 atom stereocenters. The average molecular weight is 404 g/mol. The summed E-state index contributed by atoms with van der Waals surface area (Å²) in [6, 6.07) is 13.8. The largest absolute Gasteiger partial charge is 0.493 e. The van der Waals surface area contributed by atoms with Gasteiger partial charge in [0.1, 0.15) is 5.52 Å². The number of fused-ring (bicyclic) bond motifs is 3. The lowest BCUT2D eigenvalue weighted by molar-refractivity contribution is 0.310. The molecular formula is C22H24N6O2. The molecule has 2 aromatic heterocycles. The fourth-order valence-corrected chi connectivity index (χ4v) is 3.45. The van der Waals surface area contributed by atoms with Crippen LogP contribution in [0.25, 0.3) is 22.1 Å². The summed E-state index contributed by atoms with van der Waals surface area (Å²) in [5, 5.41) is 13.9. The molecule has 2 aromatic carbocycles. The van der Waals surface area contributed by atoms with Gasteiger partial charge in [-0.2, -0.15) is 10.1 Å². The lowest BCUT2D eigenvalue weighted by Crippen LogP contribution is -2.03. The second-order valence-electron chi connectivity index (χ2n) is 6.66. The average Bonchev–Trinajstić information content (AvgIpc) is 3.08. The van der Waals surface area contributed by atoms with Crippen LogP contribution in [0, 0.1) is 0 Å². The van der Waals surface area contributed by atoms with Gasteiger partial charge in [0.05, 0.1) is 25.4 Å². The van der Waals surface area contributed by atoms with Gasteiger partial charge in [-0.1, -0.05) is 31.2 Å². The summed E-state index contributed by atoms with van der Waals surface area (Å²) in [7, 11) is 1.61. The fourth-order valence-electron chi connectivity index (χ4n) is 3.45. The third kappa shape index (κ3) is 3.63. The van der Waals surface area contributed by atoms with Crippen molar-refractivity contribution in [2.75, 3.05) is 19.1 Å². The van der Waals surface area contributed by atoms with Gasteiger partial charge in [0, 0.05) is 17.5 Å². The van der Waals surface area contributed by atoms with Crippen LogP contribution in [0.2, 0.25) is 0 Å². The van der Waals surface area contributed by atoms with Gasteiger partial charge in [-0.05, 0) is 31.5 Å². The number of nitrogens with zero attached hydrogens (tertiary/aromatic N) is 5. The molecule has 0 saturated heterocycles. The van der Waals surface area contributed by atoms with Crippen molar-refractivity contribution in [2.45, 2.75) is 26.8 Å². The summed E-state index contributed by atoms with van der Waals surface area (Å²) in [6.07, 6.45) is 2.65. The Labute approximate surface area is 174 Å². The van der Waals surface area contributed by atoms with Gasteiger partial charge in [0.2, 0.25) is 0 Å². The van der Waals surface area contributed by atoms with Crippen molar-refractivity contribution >= 4 is 34.2 Å². The van der Waals surface area contributed by atoms with E-state index in [-0.39, 0.29) is 0 Å². The maximum Gasteiger partial charge on any atom is 0.265 e. The third-order valence-corrected chi connectivity index (χ3v) is 4.71. The smallest absolute Gasteiger partial charge is 0.265 e. The Balaban J connectivity index is 1.65. The van der Waals surface area contributed by atoms with E-state index in [9.17, 15) is 0 Å². The molecule has 0 amide bonds. The van der Waals surface area contributed by atoms with E-state index < -0.39 is 0 Å². The number of anilines is 1. The Hall–Kier alpha value is -3.68. The molecule has 8 nitrogen and oxygen atoms in total. The molecule has 154 valence electrons. The molecule has 0 fully saturated rings. The van der Waals surface area contributed by atoms with Crippen LogP contribution in [0.4, 0.5) is 5.95 Å². The molecule has 0 bridgehead atoms. The molecule has 0 spiro atoms. The Morgan fingerprint density at radius 3 is 2.77 bits per heavy atom. The van der Waals surface area contributed by atoms with Crippen LogP contribution >= 0.6 is 0 Å².